The number of anilines is 1. The number of nitrogens with zero attached hydrogens (tertiary/aromatic N) is 2. The number of pyridine rings is 1. The van der Waals surface area contributed by atoms with E-state index in [4.69, 9.17) is 9.47 Å². The lowest BCUT2D eigenvalue weighted by molar-refractivity contribution is -0.145. The third-order valence-electron chi connectivity index (χ3n) is 3.69. The summed E-state index contributed by atoms with van der Waals surface area (Å²) in [6, 6.07) is 3.02. The van der Waals surface area contributed by atoms with Crippen LogP contribution in [0.1, 0.15) is 32.8 Å². The van der Waals surface area contributed by atoms with E-state index in [0.717, 1.165) is 10.2 Å². The van der Waals surface area contributed by atoms with Crippen molar-refractivity contribution in [2.45, 2.75) is 51.8 Å². The van der Waals surface area contributed by atoms with E-state index in [1.165, 1.54) is 12.0 Å². The molecule has 1 aromatic heterocycles. The van der Waals surface area contributed by atoms with E-state index in [2.05, 4.69) is 26.2 Å². The number of hydrogen-bond donors (Lipinski definition) is 1. The summed E-state index contributed by atoms with van der Waals surface area (Å²) in [5.74, 6) is 0.236. The zero-order chi connectivity index (χ0) is 18.8. The van der Waals surface area contributed by atoms with Crippen LogP contribution in [-0.4, -0.2) is 53.3 Å². The molecule has 1 aliphatic rings. The molecule has 1 aromatic rings. The zero-order valence-corrected chi connectivity index (χ0v) is 16.7. The van der Waals surface area contributed by atoms with Gasteiger partial charge < -0.3 is 14.8 Å². The van der Waals surface area contributed by atoms with E-state index >= 15 is 0 Å². The molecule has 0 unspecified atom stereocenters. The smallest absolute Gasteiger partial charge is 0.411 e. The molecule has 0 saturated carbocycles. The van der Waals surface area contributed by atoms with E-state index in [1.807, 2.05) is 19.1 Å². The van der Waals surface area contributed by atoms with Crippen molar-refractivity contribution in [3.63, 3.8) is 0 Å². The van der Waals surface area contributed by atoms with Crippen LogP contribution in [0.25, 0.3) is 0 Å². The molecule has 25 heavy (non-hydrogen) atoms. The van der Waals surface area contributed by atoms with E-state index in [1.54, 1.807) is 20.8 Å². The monoisotopic (exact) mass is 413 g/mol. The van der Waals surface area contributed by atoms with E-state index < -0.39 is 23.7 Å². The quantitative estimate of drug-likeness (QED) is 0.605. The molecule has 2 heterocycles. The fourth-order valence-corrected chi connectivity index (χ4v) is 3.28. The first-order chi connectivity index (χ1) is 11.6. The van der Waals surface area contributed by atoms with Crippen LogP contribution >= 0.6 is 15.9 Å². The summed E-state index contributed by atoms with van der Waals surface area (Å²) in [4.78, 5) is 30.3. The number of hydrogen-bond acceptors (Lipinski definition) is 6. The van der Waals surface area contributed by atoms with E-state index in [-0.39, 0.29) is 6.04 Å². The van der Waals surface area contributed by atoms with Gasteiger partial charge in [0.1, 0.15) is 22.1 Å². The number of carbonyl (C=O) groups excluding carboxylic acids is 2. The Morgan fingerprint density at radius 2 is 2.04 bits per heavy atom. The van der Waals surface area contributed by atoms with E-state index in [9.17, 15) is 9.59 Å². The van der Waals surface area contributed by atoms with Gasteiger partial charge in [-0.25, -0.2) is 14.6 Å². The molecule has 8 heteroatoms. The standard InChI is InChI=1S/C17H24BrN3O4/c1-10-6-13(18)20-14(7-10)19-11-8-12(15(22)24-5)21(9-11)16(23)25-17(2,3)4/h6-7,11-12H,8-9H2,1-5H3,(H,19,20)/t11-,12-/m0/s1. The molecule has 138 valence electrons. The van der Waals surface area contributed by atoms with Gasteiger partial charge in [-0.2, -0.15) is 0 Å². The highest BCUT2D eigenvalue weighted by Crippen LogP contribution is 2.25. The second-order valence-electron chi connectivity index (χ2n) is 7.10. The summed E-state index contributed by atoms with van der Waals surface area (Å²) < 4.78 is 11.0. The van der Waals surface area contributed by atoms with Gasteiger partial charge in [0.05, 0.1) is 7.11 Å². The highest BCUT2D eigenvalue weighted by atomic mass is 79.9. The van der Waals surface area contributed by atoms with Crippen molar-refractivity contribution in [3.05, 3.63) is 22.3 Å². The van der Waals surface area contributed by atoms with Crippen LogP contribution in [0.4, 0.5) is 10.6 Å². The molecule has 1 N–H and O–H groups in total. The molecular weight excluding hydrogens is 390 g/mol. The van der Waals surface area contributed by atoms with Crippen LogP contribution in [0.15, 0.2) is 16.7 Å². The molecule has 2 atom stereocenters. The van der Waals surface area contributed by atoms with Crippen LogP contribution in [0.5, 0.6) is 0 Å². The molecule has 1 saturated heterocycles. The van der Waals surface area contributed by atoms with Gasteiger partial charge in [0.15, 0.2) is 0 Å². The van der Waals surface area contributed by atoms with Gasteiger partial charge in [0, 0.05) is 19.0 Å². The zero-order valence-electron chi connectivity index (χ0n) is 15.1. The highest BCUT2D eigenvalue weighted by Gasteiger charge is 2.42. The highest BCUT2D eigenvalue weighted by molar-refractivity contribution is 9.10. The van der Waals surface area contributed by atoms with E-state index in [0.29, 0.717) is 18.8 Å². The van der Waals surface area contributed by atoms with Gasteiger partial charge in [-0.05, 0) is 61.3 Å². The Hall–Kier alpha value is -1.83. The molecule has 0 radical (unpaired) electrons. The van der Waals surface area contributed by atoms with Crippen molar-refractivity contribution in [1.82, 2.24) is 9.88 Å². The molecule has 1 amide bonds. The number of likely N-dealkylation sites (tertiary alicyclic amines) is 1. The predicted octanol–water partition coefficient (Wildman–Crippen LogP) is 3.12. The summed E-state index contributed by atoms with van der Waals surface area (Å²) in [5, 5.41) is 3.28. The third kappa shape index (κ3) is 5.32. The first-order valence-electron chi connectivity index (χ1n) is 8.07. The molecule has 0 bridgehead atoms. The topological polar surface area (TPSA) is 80.8 Å². The summed E-state index contributed by atoms with van der Waals surface area (Å²) in [5.41, 5.74) is 0.419. The maximum atomic E-state index is 12.4. The number of rotatable bonds is 3. The molecule has 0 spiro atoms. The molecule has 0 aromatic carbocycles. The molecule has 7 nitrogen and oxygen atoms in total. The third-order valence-corrected chi connectivity index (χ3v) is 4.10. The average molecular weight is 414 g/mol. The Kier molecular flexibility index (Phi) is 5.92. The second kappa shape index (κ2) is 7.59. The lowest BCUT2D eigenvalue weighted by Gasteiger charge is -2.27. The van der Waals surface area contributed by atoms with Crippen molar-refractivity contribution in [2.24, 2.45) is 0 Å². The molecule has 1 aliphatic heterocycles. The summed E-state index contributed by atoms with van der Waals surface area (Å²) in [7, 11) is 1.32. The lowest BCUT2D eigenvalue weighted by Crippen LogP contribution is -2.44. The first-order valence-corrected chi connectivity index (χ1v) is 8.86. The van der Waals surface area contributed by atoms with Crippen LogP contribution in [0.2, 0.25) is 0 Å². The van der Waals surface area contributed by atoms with Crippen LogP contribution in [0.3, 0.4) is 0 Å². The second-order valence-corrected chi connectivity index (χ2v) is 7.91. The van der Waals surface area contributed by atoms with Crippen molar-refractivity contribution >= 4 is 33.8 Å². The van der Waals surface area contributed by atoms with Crippen LogP contribution < -0.4 is 5.32 Å². The van der Waals surface area contributed by atoms with Gasteiger partial charge >= 0.3 is 12.1 Å². The SMILES string of the molecule is COC(=O)[C@@H]1C[C@H](Nc2cc(C)cc(Br)n2)CN1C(=O)OC(C)(C)C. The van der Waals surface area contributed by atoms with Gasteiger partial charge in [-0.1, -0.05) is 0 Å². The summed E-state index contributed by atoms with van der Waals surface area (Å²) in [6.07, 6.45) is -0.0929. The minimum Gasteiger partial charge on any atom is -0.467 e. The van der Waals surface area contributed by atoms with Crippen molar-refractivity contribution in [2.75, 3.05) is 19.0 Å². The lowest BCUT2D eigenvalue weighted by atomic mass is 10.1. The van der Waals surface area contributed by atoms with Crippen LogP contribution in [0, 0.1) is 6.92 Å². The molecule has 0 aliphatic carbocycles. The number of halogens is 1. The summed E-state index contributed by atoms with van der Waals surface area (Å²) >= 11 is 3.37. The summed E-state index contributed by atoms with van der Waals surface area (Å²) in [6.45, 7) is 7.67. The van der Waals surface area contributed by atoms with Gasteiger partial charge in [-0.3, -0.25) is 4.90 Å². The van der Waals surface area contributed by atoms with Gasteiger partial charge in [0.2, 0.25) is 0 Å². The minimum absolute atomic E-state index is 0.127. The molecule has 1 fully saturated rings. The van der Waals surface area contributed by atoms with Crippen molar-refractivity contribution in [3.8, 4) is 0 Å². The number of carbonyl (C=O) groups is 2. The van der Waals surface area contributed by atoms with Crippen LogP contribution in [-0.2, 0) is 14.3 Å². The fourth-order valence-electron chi connectivity index (χ4n) is 2.73. The maximum absolute atomic E-state index is 12.4. The van der Waals surface area contributed by atoms with Gasteiger partial charge in [-0.15, -0.1) is 0 Å². The Morgan fingerprint density at radius 1 is 1.36 bits per heavy atom. The molecular formula is C17H24BrN3O4. The number of aromatic nitrogens is 1. The number of aryl methyl sites for hydroxylation is 1. The Labute approximate surface area is 156 Å². The Bertz CT molecular complexity index is 640. The van der Waals surface area contributed by atoms with Gasteiger partial charge in [0.25, 0.3) is 0 Å². The predicted molar refractivity (Wildman–Crippen MR) is 97.4 cm³/mol. The fraction of sp³-hybridized carbons (Fsp3) is 0.588. The number of amides is 1. The minimum atomic E-state index is -0.675. The average Bonchev–Trinajstić information content (AvgIpc) is 2.87. The Morgan fingerprint density at radius 3 is 2.60 bits per heavy atom. The van der Waals surface area contributed by atoms with Crippen molar-refractivity contribution in [1.29, 1.82) is 0 Å². The normalized spacial score (nSPS) is 20.3. The largest absolute Gasteiger partial charge is 0.467 e. The molecule has 2 rings (SSSR count). The number of ether oxygens (including phenoxy) is 2. The first kappa shape index (κ1) is 19.5. The maximum Gasteiger partial charge on any atom is 0.411 e. The number of methoxy groups -OCH3 is 1. The number of esters is 1. The Balaban J connectivity index is 2.14. The van der Waals surface area contributed by atoms with Crippen molar-refractivity contribution < 1.29 is 19.1 Å². The number of nitrogens with one attached hydrogen (secondary N) is 1.